The molecule has 1 aliphatic rings. The maximum Gasteiger partial charge on any atom is 0.179 e. The first-order valence-electron chi connectivity index (χ1n) is 9.59. The Morgan fingerprint density at radius 3 is 2.69 bits per heavy atom. The van der Waals surface area contributed by atoms with Crippen molar-refractivity contribution >= 4 is 11.7 Å². The zero-order valence-corrected chi connectivity index (χ0v) is 15.9. The summed E-state index contributed by atoms with van der Waals surface area (Å²) in [4.78, 5) is 22.6. The number of hydrogen-bond acceptors (Lipinski definition) is 5. The molecular weight excluding hydrogens is 332 g/mol. The van der Waals surface area contributed by atoms with Gasteiger partial charge in [0, 0.05) is 24.3 Å². The lowest BCUT2D eigenvalue weighted by atomic mass is 10.0. The van der Waals surface area contributed by atoms with Gasteiger partial charge >= 0.3 is 0 Å². The first-order chi connectivity index (χ1) is 12.5. The molecule has 0 bridgehead atoms. The molecule has 0 aromatic heterocycles. The molecule has 3 unspecified atom stereocenters. The quantitative estimate of drug-likeness (QED) is 0.227. The lowest BCUT2D eigenvalue weighted by molar-refractivity contribution is -0.116. The van der Waals surface area contributed by atoms with Gasteiger partial charge in [0.15, 0.2) is 17.5 Å². The van der Waals surface area contributed by atoms with Crippen LogP contribution in [-0.2, 0) is 14.3 Å². The number of methoxy groups -OCH3 is 1. The van der Waals surface area contributed by atoms with Crippen LogP contribution in [0.3, 0.4) is 0 Å². The molecule has 0 heterocycles. The molecule has 0 fully saturated rings. The number of carbonyl (C=O) groups excluding carboxylic acids is 2. The second kappa shape index (κ2) is 12.6. The number of Topliss-reactive ketones (excluding diaryl/α,β-unsaturated/α-hetero) is 1. The van der Waals surface area contributed by atoms with E-state index in [2.05, 4.69) is 6.92 Å². The number of aliphatic hydroxyl groups excluding tert-OH is 2. The van der Waals surface area contributed by atoms with Gasteiger partial charge in [0.05, 0.1) is 19.3 Å². The zero-order valence-electron chi connectivity index (χ0n) is 15.9. The number of carbonyl (C=O) groups is 1. The number of hydrogen-bond donors (Lipinski definition) is 2. The molecular formula is C21H32O5. The minimum atomic E-state index is -0.776. The summed E-state index contributed by atoms with van der Waals surface area (Å²) >= 11 is 0. The van der Waals surface area contributed by atoms with Crippen LogP contribution >= 0.6 is 0 Å². The first-order valence-corrected chi connectivity index (χ1v) is 9.59. The van der Waals surface area contributed by atoms with E-state index in [1.54, 1.807) is 12.0 Å². The molecule has 5 heteroatoms. The maximum atomic E-state index is 12.1. The van der Waals surface area contributed by atoms with E-state index in [0.717, 1.165) is 25.7 Å². The van der Waals surface area contributed by atoms with Crippen LogP contribution < -0.4 is 0 Å². The highest BCUT2D eigenvalue weighted by atomic mass is 16.5. The van der Waals surface area contributed by atoms with Crippen LogP contribution in [0.4, 0.5) is 0 Å². The summed E-state index contributed by atoms with van der Waals surface area (Å²) in [5.74, 6) is 1.93. The van der Waals surface area contributed by atoms with Gasteiger partial charge in [-0.3, -0.25) is 4.79 Å². The molecule has 0 saturated heterocycles. The van der Waals surface area contributed by atoms with Crippen LogP contribution in [0.25, 0.3) is 0 Å². The Balaban J connectivity index is 2.42. The van der Waals surface area contributed by atoms with Gasteiger partial charge in [-0.2, -0.15) is 0 Å². The Kier molecular flexibility index (Phi) is 10.9. The molecule has 0 amide bonds. The van der Waals surface area contributed by atoms with Crippen molar-refractivity contribution in [3.8, 4) is 0 Å². The van der Waals surface area contributed by atoms with Gasteiger partial charge in [0.2, 0.25) is 0 Å². The van der Waals surface area contributed by atoms with Gasteiger partial charge in [-0.15, -0.1) is 0 Å². The SMILES string of the molecule is CCCCCC(O)C=CC1C=C(C(O)CCCCC(=C=O)OC)C(=O)C1. The fourth-order valence-corrected chi connectivity index (χ4v) is 3.08. The minimum Gasteiger partial charge on any atom is -0.490 e. The van der Waals surface area contributed by atoms with E-state index in [-0.39, 0.29) is 17.5 Å². The zero-order chi connectivity index (χ0) is 19.4. The van der Waals surface area contributed by atoms with Crippen LogP contribution in [0.1, 0.15) is 64.7 Å². The van der Waals surface area contributed by atoms with Gasteiger partial charge in [-0.1, -0.05) is 50.8 Å². The average molecular weight is 364 g/mol. The second-order valence-electron chi connectivity index (χ2n) is 6.85. The second-order valence-corrected chi connectivity index (χ2v) is 6.85. The molecule has 0 radical (unpaired) electrons. The highest BCUT2D eigenvalue weighted by molar-refractivity contribution is 5.99. The van der Waals surface area contributed by atoms with Gasteiger partial charge in [-0.05, 0) is 19.3 Å². The number of ketones is 1. The van der Waals surface area contributed by atoms with E-state index in [1.165, 1.54) is 7.11 Å². The highest BCUT2D eigenvalue weighted by Gasteiger charge is 2.27. The fraction of sp³-hybridized carbons (Fsp3) is 0.667. The van der Waals surface area contributed by atoms with Crippen LogP contribution in [-0.4, -0.2) is 41.3 Å². The number of aliphatic hydroxyl groups is 2. The predicted octanol–water partition coefficient (Wildman–Crippen LogP) is 3.28. The largest absolute Gasteiger partial charge is 0.490 e. The molecule has 0 saturated carbocycles. The van der Waals surface area contributed by atoms with Crippen molar-refractivity contribution in [3.63, 3.8) is 0 Å². The molecule has 5 nitrogen and oxygen atoms in total. The number of ether oxygens (including phenoxy) is 1. The van der Waals surface area contributed by atoms with Gasteiger partial charge < -0.3 is 14.9 Å². The van der Waals surface area contributed by atoms with Crippen molar-refractivity contribution in [1.29, 1.82) is 0 Å². The summed E-state index contributed by atoms with van der Waals surface area (Å²) in [6, 6.07) is 0. The number of allylic oxidation sites excluding steroid dienone is 3. The third-order valence-corrected chi connectivity index (χ3v) is 4.67. The Hall–Kier alpha value is -1.68. The monoisotopic (exact) mass is 364 g/mol. The Bertz CT molecular complexity index is 543. The van der Waals surface area contributed by atoms with Gasteiger partial charge in [-0.25, -0.2) is 4.79 Å². The Morgan fingerprint density at radius 2 is 2.04 bits per heavy atom. The molecule has 0 aliphatic heterocycles. The molecule has 1 rings (SSSR count). The van der Waals surface area contributed by atoms with Crippen LogP contribution in [0.15, 0.2) is 29.6 Å². The van der Waals surface area contributed by atoms with E-state index in [0.29, 0.717) is 37.7 Å². The molecule has 1 aliphatic carbocycles. The minimum absolute atomic E-state index is 0.0296. The molecule has 3 atom stereocenters. The number of rotatable bonds is 13. The lowest BCUT2D eigenvalue weighted by Crippen LogP contribution is -2.15. The van der Waals surface area contributed by atoms with E-state index >= 15 is 0 Å². The Morgan fingerprint density at radius 1 is 1.31 bits per heavy atom. The van der Waals surface area contributed by atoms with E-state index < -0.39 is 12.2 Å². The van der Waals surface area contributed by atoms with Crippen molar-refractivity contribution in [3.05, 3.63) is 29.6 Å². The van der Waals surface area contributed by atoms with Crippen molar-refractivity contribution in [2.24, 2.45) is 5.92 Å². The van der Waals surface area contributed by atoms with Gasteiger partial charge in [0.25, 0.3) is 0 Å². The maximum absolute atomic E-state index is 12.1. The van der Waals surface area contributed by atoms with Crippen LogP contribution in [0, 0.1) is 5.92 Å². The van der Waals surface area contributed by atoms with Crippen LogP contribution in [0.2, 0.25) is 0 Å². The van der Waals surface area contributed by atoms with E-state index in [4.69, 9.17) is 4.74 Å². The van der Waals surface area contributed by atoms with Gasteiger partial charge in [0.1, 0.15) is 0 Å². The standard InChI is InChI=1S/C21H32O5/c1-3-4-5-8-17(23)12-11-16-13-19(21(25)14-16)20(24)10-7-6-9-18(15-22)26-2/h11-13,16-17,20,23-24H,3-10,14H2,1-2H3. The molecule has 0 aromatic rings. The summed E-state index contributed by atoms with van der Waals surface area (Å²) in [6.45, 7) is 2.12. The smallest absolute Gasteiger partial charge is 0.179 e. The van der Waals surface area contributed by atoms with Crippen molar-refractivity contribution in [2.45, 2.75) is 76.9 Å². The molecule has 0 spiro atoms. The summed E-state index contributed by atoms with van der Waals surface area (Å²) in [5, 5.41) is 20.2. The molecule has 0 aromatic carbocycles. The number of unbranched alkanes of at least 4 members (excludes halogenated alkanes) is 3. The highest BCUT2D eigenvalue weighted by Crippen LogP contribution is 2.27. The topological polar surface area (TPSA) is 83.8 Å². The normalized spacial score (nSPS) is 19.3. The van der Waals surface area contributed by atoms with Crippen molar-refractivity contribution < 1.29 is 24.5 Å². The summed E-state index contributed by atoms with van der Waals surface area (Å²) in [6.07, 6.45) is 10.9. The summed E-state index contributed by atoms with van der Waals surface area (Å²) in [7, 11) is 1.44. The summed E-state index contributed by atoms with van der Waals surface area (Å²) < 4.78 is 4.85. The van der Waals surface area contributed by atoms with Crippen molar-refractivity contribution in [2.75, 3.05) is 7.11 Å². The molecule has 2 N–H and O–H groups in total. The average Bonchev–Trinajstić information content (AvgIpc) is 3.01. The fourth-order valence-electron chi connectivity index (χ4n) is 3.08. The van der Waals surface area contributed by atoms with E-state index in [1.807, 2.05) is 12.2 Å². The molecule has 26 heavy (non-hydrogen) atoms. The lowest BCUT2D eigenvalue weighted by Gasteiger charge is -2.10. The van der Waals surface area contributed by atoms with Crippen molar-refractivity contribution in [1.82, 2.24) is 0 Å². The molecule has 146 valence electrons. The Labute approximate surface area is 156 Å². The third-order valence-electron chi connectivity index (χ3n) is 4.67. The first kappa shape index (κ1) is 22.4. The van der Waals surface area contributed by atoms with Crippen LogP contribution in [0.5, 0.6) is 0 Å². The predicted molar refractivity (Wildman–Crippen MR) is 101 cm³/mol. The van der Waals surface area contributed by atoms with E-state index in [9.17, 15) is 19.8 Å². The third kappa shape index (κ3) is 8.13. The summed E-state index contributed by atoms with van der Waals surface area (Å²) in [5.41, 5.74) is 0.470.